The van der Waals surface area contributed by atoms with Gasteiger partial charge in [-0.05, 0) is 61.4 Å². The fourth-order valence-electron chi connectivity index (χ4n) is 2.89. The van der Waals surface area contributed by atoms with Gasteiger partial charge in [-0.15, -0.1) is 24.0 Å². The second-order valence-corrected chi connectivity index (χ2v) is 5.99. The lowest BCUT2D eigenvalue weighted by molar-refractivity contribution is 0.663. The monoisotopic (exact) mass is 436 g/mol. The highest BCUT2D eigenvalue weighted by molar-refractivity contribution is 14.0. The van der Waals surface area contributed by atoms with Crippen LogP contribution in [0, 0.1) is 0 Å². The molecule has 1 aromatic heterocycles. The molecule has 2 aromatic rings. The van der Waals surface area contributed by atoms with Crippen molar-refractivity contribution in [2.24, 2.45) is 10.7 Å². The molecule has 5 heteroatoms. The summed E-state index contributed by atoms with van der Waals surface area (Å²) in [4.78, 5) is 9.13. The third kappa shape index (κ3) is 4.93. The fourth-order valence-corrected chi connectivity index (χ4v) is 2.89. The summed E-state index contributed by atoms with van der Waals surface area (Å²) in [6.07, 6.45) is 5.80. The third-order valence-corrected chi connectivity index (χ3v) is 4.28. The molecule has 0 aliphatic heterocycles. The Hall–Kier alpha value is -1.63. The van der Waals surface area contributed by atoms with E-state index in [1.165, 1.54) is 29.7 Å². The third-order valence-electron chi connectivity index (χ3n) is 4.28. The Morgan fingerprint density at radius 1 is 1.12 bits per heavy atom. The summed E-state index contributed by atoms with van der Waals surface area (Å²) >= 11 is 0. The van der Waals surface area contributed by atoms with Crippen molar-refractivity contribution in [3.05, 3.63) is 58.9 Å². The lowest BCUT2D eigenvalue weighted by Crippen LogP contribution is -2.22. The molecule has 0 amide bonds. The van der Waals surface area contributed by atoms with Crippen LogP contribution in [0.4, 0.5) is 5.69 Å². The minimum atomic E-state index is 0. The lowest BCUT2D eigenvalue weighted by atomic mass is 9.96. The Bertz CT molecular complexity index is 695. The van der Waals surface area contributed by atoms with E-state index in [-0.39, 0.29) is 24.0 Å². The average Bonchev–Trinajstić information content (AvgIpc) is 2.60. The zero-order valence-electron chi connectivity index (χ0n) is 14.1. The normalized spacial score (nSPS) is 13.8. The molecule has 0 saturated carbocycles. The van der Waals surface area contributed by atoms with E-state index >= 15 is 0 Å². The smallest absolute Gasteiger partial charge is 0.193 e. The molecule has 0 fully saturated rings. The van der Waals surface area contributed by atoms with Gasteiger partial charge in [0.05, 0.1) is 12.2 Å². The van der Waals surface area contributed by atoms with E-state index in [0.717, 1.165) is 30.6 Å². The molecule has 0 bridgehead atoms. The SMILES string of the molecule is CCc1ccc(NC(N)=NCc2ccc3c(n2)CCCC3)cc1.I. The number of anilines is 1. The van der Waals surface area contributed by atoms with Crippen molar-refractivity contribution in [1.82, 2.24) is 4.98 Å². The Morgan fingerprint density at radius 3 is 2.62 bits per heavy atom. The van der Waals surface area contributed by atoms with Crippen LogP contribution in [0.2, 0.25) is 0 Å². The Morgan fingerprint density at radius 2 is 1.88 bits per heavy atom. The van der Waals surface area contributed by atoms with Crippen LogP contribution >= 0.6 is 24.0 Å². The van der Waals surface area contributed by atoms with Gasteiger partial charge in [-0.3, -0.25) is 4.98 Å². The van der Waals surface area contributed by atoms with E-state index in [1.54, 1.807) is 0 Å². The molecule has 1 aliphatic carbocycles. The maximum absolute atomic E-state index is 5.97. The van der Waals surface area contributed by atoms with Crippen molar-refractivity contribution >= 4 is 35.6 Å². The molecule has 0 radical (unpaired) electrons. The molecular weight excluding hydrogens is 411 g/mol. The zero-order chi connectivity index (χ0) is 16.1. The van der Waals surface area contributed by atoms with Crippen molar-refractivity contribution in [2.75, 3.05) is 5.32 Å². The maximum Gasteiger partial charge on any atom is 0.193 e. The van der Waals surface area contributed by atoms with Gasteiger partial charge >= 0.3 is 0 Å². The fraction of sp³-hybridized carbons (Fsp3) is 0.368. The molecule has 1 aliphatic rings. The minimum absolute atomic E-state index is 0. The van der Waals surface area contributed by atoms with Crippen LogP contribution in [-0.2, 0) is 25.8 Å². The van der Waals surface area contributed by atoms with E-state index in [2.05, 4.69) is 41.5 Å². The highest BCUT2D eigenvalue weighted by Gasteiger charge is 2.10. The summed E-state index contributed by atoms with van der Waals surface area (Å²) in [6.45, 7) is 2.66. The van der Waals surface area contributed by atoms with Crippen LogP contribution < -0.4 is 11.1 Å². The van der Waals surface area contributed by atoms with E-state index < -0.39 is 0 Å². The predicted octanol–water partition coefficient (Wildman–Crippen LogP) is 4.07. The molecule has 1 aromatic carbocycles. The molecule has 3 N–H and O–H groups in total. The second-order valence-electron chi connectivity index (χ2n) is 5.99. The first kappa shape index (κ1) is 18.7. The Kier molecular flexibility index (Phi) is 7.02. The number of nitrogens with zero attached hydrogens (tertiary/aromatic N) is 2. The summed E-state index contributed by atoms with van der Waals surface area (Å²) in [5.41, 5.74) is 11.9. The van der Waals surface area contributed by atoms with Gasteiger partial charge in [0, 0.05) is 11.4 Å². The molecule has 4 nitrogen and oxygen atoms in total. The van der Waals surface area contributed by atoms with Gasteiger partial charge in [0.2, 0.25) is 0 Å². The van der Waals surface area contributed by atoms with Gasteiger partial charge in [0.1, 0.15) is 0 Å². The number of halogens is 1. The lowest BCUT2D eigenvalue weighted by Gasteiger charge is -2.15. The van der Waals surface area contributed by atoms with Crippen LogP contribution in [0.25, 0.3) is 0 Å². The highest BCUT2D eigenvalue weighted by atomic mass is 127. The maximum atomic E-state index is 5.97. The molecule has 24 heavy (non-hydrogen) atoms. The van der Waals surface area contributed by atoms with Crippen LogP contribution in [-0.4, -0.2) is 10.9 Å². The largest absolute Gasteiger partial charge is 0.370 e. The molecule has 128 valence electrons. The van der Waals surface area contributed by atoms with E-state index in [4.69, 9.17) is 10.7 Å². The van der Waals surface area contributed by atoms with Gasteiger partial charge in [0.15, 0.2) is 5.96 Å². The topological polar surface area (TPSA) is 63.3 Å². The number of aryl methyl sites for hydroxylation is 3. The number of aromatic nitrogens is 1. The Labute approximate surface area is 161 Å². The standard InChI is InChI=1S/C19H24N4.HI/c1-2-14-7-10-16(11-8-14)23-19(20)21-13-17-12-9-15-5-3-4-6-18(15)22-17;/h7-12H,2-6,13H2,1H3,(H3,20,21,23);1H. The highest BCUT2D eigenvalue weighted by Crippen LogP contribution is 2.19. The number of aliphatic imine (C=N–C) groups is 1. The van der Waals surface area contributed by atoms with Crippen molar-refractivity contribution in [3.8, 4) is 0 Å². The number of hydrogen-bond acceptors (Lipinski definition) is 2. The van der Waals surface area contributed by atoms with Crippen LogP contribution in [0.3, 0.4) is 0 Å². The first-order valence-electron chi connectivity index (χ1n) is 8.38. The number of pyridine rings is 1. The second kappa shape index (κ2) is 9.01. The van der Waals surface area contributed by atoms with Crippen LogP contribution in [0.1, 0.15) is 42.3 Å². The molecule has 3 rings (SSSR count). The molecular formula is C19H25IN4. The number of hydrogen-bond donors (Lipinski definition) is 2. The quantitative estimate of drug-likeness (QED) is 0.432. The number of benzene rings is 1. The minimum Gasteiger partial charge on any atom is -0.370 e. The van der Waals surface area contributed by atoms with Gasteiger partial charge in [-0.2, -0.15) is 0 Å². The van der Waals surface area contributed by atoms with Gasteiger partial charge < -0.3 is 11.1 Å². The van der Waals surface area contributed by atoms with Crippen molar-refractivity contribution in [3.63, 3.8) is 0 Å². The first-order chi connectivity index (χ1) is 11.2. The molecule has 0 spiro atoms. The molecule has 1 heterocycles. The van der Waals surface area contributed by atoms with Gasteiger partial charge in [-0.25, -0.2) is 4.99 Å². The van der Waals surface area contributed by atoms with Crippen molar-refractivity contribution in [1.29, 1.82) is 0 Å². The first-order valence-corrected chi connectivity index (χ1v) is 8.38. The summed E-state index contributed by atoms with van der Waals surface area (Å²) < 4.78 is 0. The van der Waals surface area contributed by atoms with Crippen LogP contribution in [0.5, 0.6) is 0 Å². The van der Waals surface area contributed by atoms with E-state index in [1.807, 2.05) is 12.1 Å². The number of nitrogens with one attached hydrogen (secondary N) is 1. The number of fused-ring (bicyclic) bond motifs is 1. The number of rotatable bonds is 4. The summed E-state index contributed by atoms with van der Waals surface area (Å²) in [5, 5.41) is 3.13. The molecule has 0 atom stereocenters. The summed E-state index contributed by atoms with van der Waals surface area (Å²) in [5.74, 6) is 0.425. The van der Waals surface area contributed by atoms with Crippen molar-refractivity contribution < 1.29 is 0 Å². The molecule has 0 saturated heterocycles. The Balaban J connectivity index is 0.00000208. The summed E-state index contributed by atoms with van der Waals surface area (Å²) in [6, 6.07) is 12.5. The van der Waals surface area contributed by atoms with E-state index in [0.29, 0.717) is 12.5 Å². The van der Waals surface area contributed by atoms with Gasteiger partial charge in [0.25, 0.3) is 0 Å². The summed E-state index contributed by atoms with van der Waals surface area (Å²) in [7, 11) is 0. The number of guanidine groups is 1. The van der Waals surface area contributed by atoms with Crippen molar-refractivity contribution in [2.45, 2.75) is 45.6 Å². The predicted molar refractivity (Wildman–Crippen MR) is 111 cm³/mol. The average molecular weight is 436 g/mol. The zero-order valence-corrected chi connectivity index (χ0v) is 16.4. The van der Waals surface area contributed by atoms with E-state index in [9.17, 15) is 0 Å². The van der Waals surface area contributed by atoms with Gasteiger partial charge in [-0.1, -0.05) is 25.1 Å². The van der Waals surface area contributed by atoms with Crippen LogP contribution in [0.15, 0.2) is 41.4 Å². The number of nitrogens with two attached hydrogens (primary N) is 1. The molecule has 0 unspecified atom stereocenters.